The topological polar surface area (TPSA) is 136 Å². The van der Waals surface area contributed by atoms with Crippen molar-refractivity contribution in [2.24, 2.45) is 0 Å². The van der Waals surface area contributed by atoms with Gasteiger partial charge in [-0.3, -0.25) is 4.79 Å². The van der Waals surface area contributed by atoms with E-state index >= 15 is 0 Å². The SMILES string of the molecule is COc1cc2c(cc1OC)C(Cc1cc(OC)c(OC)c(OC)c1)[N+](C)(CCCOC(=O)/C=C\C(=O)CCC[N+]1(C)CCc3cc(OC)c(OC)cc3C1Cc1cc(OC)c(OC)c(OC)c1)CC2. The Kier molecular flexibility index (Phi) is 17.6. The van der Waals surface area contributed by atoms with E-state index in [0.717, 1.165) is 50.1 Å². The third kappa shape index (κ3) is 11.6. The van der Waals surface area contributed by atoms with Crippen LogP contribution in [0.2, 0.25) is 0 Å². The number of fused-ring (bicyclic) bond motifs is 2. The van der Waals surface area contributed by atoms with Crippen molar-refractivity contribution in [1.82, 2.24) is 0 Å². The molecule has 374 valence electrons. The van der Waals surface area contributed by atoms with Crippen LogP contribution in [0.25, 0.3) is 0 Å². The third-order valence-corrected chi connectivity index (χ3v) is 14.2. The zero-order chi connectivity index (χ0) is 49.9. The summed E-state index contributed by atoms with van der Waals surface area (Å²) in [5, 5.41) is 0. The van der Waals surface area contributed by atoms with Crippen LogP contribution >= 0.6 is 0 Å². The van der Waals surface area contributed by atoms with E-state index in [9.17, 15) is 9.59 Å². The molecule has 0 saturated carbocycles. The average Bonchev–Trinajstić information content (AvgIpc) is 3.37. The number of nitrogens with zero attached hydrogens (tertiary/aromatic N) is 2. The minimum absolute atomic E-state index is 0.0114. The first-order chi connectivity index (χ1) is 33.2. The van der Waals surface area contributed by atoms with Gasteiger partial charge in [-0.2, -0.15) is 0 Å². The van der Waals surface area contributed by atoms with Gasteiger partial charge in [-0.05, 0) is 76.9 Å². The van der Waals surface area contributed by atoms with Crippen molar-refractivity contribution >= 4 is 11.8 Å². The molecule has 15 nitrogen and oxygen atoms in total. The predicted molar refractivity (Wildman–Crippen MR) is 262 cm³/mol. The second-order valence-corrected chi connectivity index (χ2v) is 18.1. The van der Waals surface area contributed by atoms with Gasteiger partial charge in [-0.15, -0.1) is 0 Å². The maximum absolute atomic E-state index is 13.3. The lowest BCUT2D eigenvalue weighted by atomic mass is 9.86. The lowest BCUT2D eigenvalue weighted by Gasteiger charge is -2.46. The van der Waals surface area contributed by atoms with Crippen molar-refractivity contribution < 1.29 is 70.7 Å². The molecule has 4 aromatic rings. The van der Waals surface area contributed by atoms with Crippen LogP contribution in [0.3, 0.4) is 0 Å². The van der Waals surface area contributed by atoms with Crippen LogP contribution in [0.5, 0.6) is 57.5 Å². The summed E-state index contributed by atoms with van der Waals surface area (Å²) in [7, 11) is 20.7. The first kappa shape index (κ1) is 52.1. The summed E-state index contributed by atoms with van der Waals surface area (Å²) in [4.78, 5) is 26.3. The van der Waals surface area contributed by atoms with Crippen molar-refractivity contribution in [3.05, 3.63) is 94.1 Å². The molecule has 15 heteroatoms. The molecule has 0 radical (unpaired) electrons. The van der Waals surface area contributed by atoms with Crippen LogP contribution in [0.1, 0.15) is 64.7 Å². The van der Waals surface area contributed by atoms with E-state index in [-0.39, 0.29) is 30.9 Å². The highest BCUT2D eigenvalue weighted by Crippen LogP contribution is 2.47. The lowest BCUT2D eigenvalue weighted by molar-refractivity contribution is -0.941. The number of esters is 1. The Labute approximate surface area is 407 Å². The smallest absolute Gasteiger partial charge is 0.330 e. The fourth-order valence-electron chi connectivity index (χ4n) is 10.3. The number of ether oxygens (including phenoxy) is 11. The summed E-state index contributed by atoms with van der Waals surface area (Å²) in [6.45, 7) is 3.39. The van der Waals surface area contributed by atoms with Gasteiger partial charge in [-0.1, -0.05) is 0 Å². The number of carbonyl (C=O) groups is 2. The molecule has 0 saturated heterocycles. The molecule has 0 aromatic heterocycles. The normalized spacial score (nSPS) is 19.4. The quantitative estimate of drug-likeness (QED) is 0.0292. The molecule has 4 atom stereocenters. The number of quaternary nitrogens is 2. The summed E-state index contributed by atoms with van der Waals surface area (Å²) in [6, 6.07) is 16.3. The minimum Gasteiger partial charge on any atom is -0.493 e. The minimum atomic E-state index is -0.540. The van der Waals surface area contributed by atoms with E-state index in [1.54, 1.807) is 71.1 Å². The Hall–Kier alpha value is -6.32. The summed E-state index contributed by atoms with van der Waals surface area (Å²) in [5.41, 5.74) is 6.79. The second kappa shape index (κ2) is 23.3. The molecule has 6 rings (SSSR count). The number of methoxy groups -OCH3 is 10. The molecule has 69 heavy (non-hydrogen) atoms. The second-order valence-electron chi connectivity index (χ2n) is 18.1. The van der Waals surface area contributed by atoms with Gasteiger partial charge in [0.15, 0.2) is 51.8 Å². The molecule has 2 aliphatic rings. The number of allylic oxidation sites excluding steroid dienone is 1. The van der Waals surface area contributed by atoms with Gasteiger partial charge < -0.3 is 61.1 Å². The van der Waals surface area contributed by atoms with Gasteiger partial charge in [0.05, 0.1) is 118 Å². The van der Waals surface area contributed by atoms with Crippen LogP contribution < -0.4 is 47.4 Å². The van der Waals surface area contributed by atoms with Crippen molar-refractivity contribution in [2.75, 3.05) is 118 Å². The molecule has 0 spiro atoms. The molecule has 0 amide bonds. The fourth-order valence-corrected chi connectivity index (χ4v) is 10.3. The van der Waals surface area contributed by atoms with Crippen LogP contribution in [0.4, 0.5) is 0 Å². The predicted octanol–water partition coefficient (Wildman–Crippen LogP) is 7.88. The highest BCUT2D eigenvalue weighted by molar-refractivity contribution is 5.95. The van der Waals surface area contributed by atoms with Crippen LogP contribution in [0, 0.1) is 0 Å². The van der Waals surface area contributed by atoms with Gasteiger partial charge in [-0.25, -0.2) is 4.79 Å². The highest BCUT2D eigenvalue weighted by atomic mass is 16.5. The molecular weight excluding hydrogens is 885 g/mol. The summed E-state index contributed by atoms with van der Waals surface area (Å²) in [5.74, 6) is 5.49. The number of rotatable bonds is 24. The summed E-state index contributed by atoms with van der Waals surface area (Å²) >= 11 is 0. The first-order valence-electron chi connectivity index (χ1n) is 23.4. The molecule has 0 fully saturated rings. The van der Waals surface area contributed by atoms with E-state index in [2.05, 4.69) is 38.4 Å². The Bertz CT molecular complexity index is 2420. The maximum Gasteiger partial charge on any atom is 0.330 e. The van der Waals surface area contributed by atoms with E-state index in [4.69, 9.17) is 52.1 Å². The van der Waals surface area contributed by atoms with E-state index in [1.165, 1.54) is 34.4 Å². The van der Waals surface area contributed by atoms with Crippen LogP contribution in [0.15, 0.2) is 60.7 Å². The van der Waals surface area contributed by atoms with Crippen molar-refractivity contribution in [3.8, 4) is 57.5 Å². The van der Waals surface area contributed by atoms with Gasteiger partial charge in [0.2, 0.25) is 11.5 Å². The fraction of sp³-hybridized carbons (Fsp3) is 0.481. The number of carbonyl (C=O) groups excluding carboxylic acids is 2. The van der Waals surface area contributed by atoms with Crippen molar-refractivity contribution in [2.45, 2.75) is 57.0 Å². The Morgan fingerprint density at radius 2 is 0.870 bits per heavy atom. The number of likely N-dealkylation sites (N-methyl/N-ethyl adjacent to an activating group) is 2. The zero-order valence-corrected chi connectivity index (χ0v) is 42.6. The molecule has 4 aromatic carbocycles. The molecule has 0 bridgehead atoms. The van der Waals surface area contributed by atoms with Gasteiger partial charge >= 0.3 is 5.97 Å². The zero-order valence-electron chi connectivity index (χ0n) is 42.6. The largest absolute Gasteiger partial charge is 0.493 e. The van der Waals surface area contributed by atoms with Crippen LogP contribution in [-0.4, -0.2) is 139 Å². The molecule has 4 unspecified atom stereocenters. The van der Waals surface area contributed by atoms with Gasteiger partial charge in [0.25, 0.3) is 0 Å². The van der Waals surface area contributed by atoms with Crippen molar-refractivity contribution in [1.29, 1.82) is 0 Å². The van der Waals surface area contributed by atoms with E-state index in [0.29, 0.717) is 92.1 Å². The average molecular weight is 957 g/mol. The number of benzene rings is 4. The Morgan fingerprint density at radius 1 is 0.493 bits per heavy atom. The number of hydrogen-bond acceptors (Lipinski definition) is 13. The number of ketones is 1. The van der Waals surface area contributed by atoms with E-state index in [1.807, 2.05) is 24.3 Å². The maximum atomic E-state index is 13.3. The highest BCUT2D eigenvalue weighted by Gasteiger charge is 2.42. The Balaban J connectivity index is 1.10. The standard InChI is InChI=1S/C54H72N2O13/c1-55(22-18-37-31-44(59-3)46(61-5)33-40(37)42(55)25-35-27-48(63-7)53(67-11)49(28-35)64-8)20-13-15-39(57)16-17-52(58)69-24-14-21-56(2)23-19-38-32-45(60-4)47(62-6)34-41(38)43(56)26-36-29-50(65-9)54(68-12)51(30-36)66-10/h16-17,27-34,42-43H,13-15,18-26H2,1-12H3/q+2/b17-16-. The van der Waals surface area contributed by atoms with Crippen molar-refractivity contribution in [3.63, 3.8) is 0 Å². The first-order valence-corrected chi connectivity index (χ1v) is 23.4. The molecule has 0 N–H and O–H groups in total. The summed E-state index contributed by atoms with van der Waals surface area (Å²) in [6.07, 6.45) is 7.14. The lowest BCUT2D eigenvalue weighted by Crippen LogP contribution is -2.52. The van der Waals surface area contributed by atoms with E-state index < -0.39 is 5.97 Å². The number of hydrogen-bond donors (Lipinski definition) is 0. The molecule has 2 aliphatic heterocycles. The van der Waals surface area contributed by atoms with Gasteiger partial charge in [0, 0.05) is 62.1 Å². The Morgan fingerprint density at radius 3 is 1.25 bits per heavy atom. The monoisotopic (exact) mass is 957 g/mol. The molecule has 2 heterocycles. The third-order valence-electron chi connectivity index (χ3n) is 14.2. The molecular formula is C54H72N2O13+2. The van der Waals surface area contributed by atoms with Gasteiger partial charge in [0.1, 0.15) is 12.1 Å². The molecule has 0 aliphatic carbocycles. The summed E-state index contributed by atoms with van der Waals surface area (Å²) < 4.78 is 64.0. The van der Waals surface area contributed by atoms with Crippen LogP contribution in [-0.2, 0) is 40.0 Å².